The molecule has 0 aliphatic heterocycles. The summed E-state index contributed by atoms with van der Waals surface area (Å²) in [6.45, 7) is 0. The number of hydrogen-bond donors (Lipinski definition) is 1. The molecule has 1 aliphatic carbocycles. The van der Waals surface area contributed by atoms with Crippen LogP contribution < -0.4 is 10.5 Å². The lowest BCUT2D eigenvalue weighted by Crippen LogP contribution is -2.15. The third kappa shape index (κ3) is 3.70. The fourth-order valence-electron chi connectivity index (χ4n) is 4.10. The van der Waals surface area contributed by atoms with Gasteiger partial charge in [-0.15, -0.1) is 0 Å². The zero-order chi connectivity index (χ0) is 24.0. The summed E-state index contributed by atoms with van der Waals surface area (Å²) >= 11 is 0. The molecular formula is C23H17F5N5O. The normalized spacial score (nSPS) is 14.6. The number of anilines is 1. The number of rotatable bonds is 4. The van der Waals surface area contributed by atoms with Crippen molar-refractivity contribution < 1.29 is 26.7 Å². The van der Waals surface area contributed by atoms with Crippen molar-refractivity contribution in [1.29, 1.82) is 0 Å². The summed E-state index contributed by atoms with van der Waals surface area (Å²) in [5, 5.41) is 4.96. The molecule has 175 valence electrons. The Hall–Kier alpha value is -3.76. The van der Waals surface area contributed by atoms with Crippen molar-refractivity contribution in [3.63, 3.8) is 0 Å². The molecule has 0 atom stereocenters. The van der Waals surface area contributed by atoms with Crippen LogP contribution in [0.4, 0.5) is 27.8 Å². The zero-order valence-corrected chi connectivity index (χ0v) is 17.5. The fraction of sp³-hybridized carbons (Fsp3) is 0.217. The SMILES string of the molecule is Nc1ncnc2c1c(-c1ccc(Oc3c(F)c(F)cc(F)c3F)cc1F)nn2C1CC[CH]CC1. The third-order valence-corrected chi connectivity index (χ3v) is 5.76. The molecule has 5 rings (SSSR count). The molecule has 0 spiro atoms. The summed E-state index contributed by atoms with van der Waals surface area (Å²) in [5.41, 5.74) is 6.75. The summed E-state index contributed by atoms with van der Waals surface area (Å²) in [7, 11) is 0. The summed E-state index contributed by atoms with van der Waals surface area (Å²) in [6, 6.07) is 3.40. The van der Waals surface area contributed by atoms with Gasteiger partial charge in [0.15, 0.2) is 17.3 Å². The van der Waals surface area contributed by atoms with E-state index in [4.69, 9.17) is 10.5 Å². The van der Waals surface area contributed by atoms with E-state index in [1.54, 1.807) is 4.68 Å². The lowest BCUT2D eigenvalue weighted by molar-refractivity contribution is 0.365. The molecule has 2 aromatic heterocycles. The van der Waals surface area contributed by atoms with Gasteiger partial charge >= 0.3 is 0 Å². The molecule has 0 bridgehead atoms. The van der Waals surface area contributed by atoms with Crippen LogP contribution in [0.2, 0.25) is 0 Å². The monoisotopic (exact) mass is 474 g/mol. The molecule has 1 saturated carbocycles. The Kier molecular flexibility index (Phi) is 5.54. The number of nitrogens with zero attached hydrogens (tertiary/aromatic N) is 4. The van der Waals surface area contributed by atoms with E-state index in [9.17, 15) is 17.6 Å². The molecular weight excluding hydrogens is 457 g/mol. The highest BCUT2D eigenvalue weighted by atomic mass is 19.2. The molecule has 11 heteroatoms. The highest BCUT2D eigenvalue weighted by molar-refractivity contribution is 5.98. The van der Waals surface area contributed by atoms with Crippen LogP contribution in [-0.4, -0.2) is 19.7 Å². The van der Waals surface area contributed by atoms with Crippen LogP contribution >= 0.6 is 0 Å². The molecule has 1 aliphatic rings. The van der Waals surface area contributed by atoms with Gasteiger partial charge in [-0.2, -0.15) is 13.9 Å². The lowest BCUT2D eigenvalue weighted by Gasteiger charge is -2.22. The Morgan fingerprint density at radius 1 is 0.912 bits per heavy atom. The van der Waals surface area contributed by atoms with Crippen molar-refractivity contribution in [1.82, 2.24) is 19.7 Å². The molecule has 34 heavy (non-hydrogen) atoms. The van der Waals surface area contributed by atoms with Crippen LogP contribution in [0.5, 0.6) is 11.5 Å². The van der Waals surface area contributed by atoms with Gasteiger partial charge in [-0.3, -0.25) is 0 Å². The van der Waals surface area contributed by atoms with Crippen molar-refractivity contribution in [3.05, 3.63) is 66.1 Å². The maximum Gasteiger partial charge on any atom is 0.204 e. The molecule has 2 heterocycles. The van der Waals surface area contributed by atoms with Crippen LogP contribution in [0.25, 0.3) is 22.3 Å². The van der Waals surface area contributed by atoms with E-state index in [1.165, 1.54) is 18.5 Å². The number of benzene rings is 2. The molecule has 2 N–H and O–H groups in total. The molecule has 1 radical (unpaired) electrons. The maximum absolute atomic E-state index is 15.2. The number of nitrogen functional groups attached to an aromatic ring is 1. The second kappa shape index (κ2) is 8.54. The van der Waals surface area contributed by atoms with Crippen molar-refractivity contribution in [2.24, 2.45) is 0 Å². The standard InChI is InChI=1S/C23H17F5N5O/c24-14-8-12(34-21-18(27)15(25)9-16(26)19(21)28)6-7-13(14)20-17-22(29)30-10-31-23(17)33(32-20)11-4-2-1-3-5-11/h1,6-11H,2-5H2,(H2,29,30,31). The number of aromatic nitrogens is 4. The van der Waals surface area contributed by atoms with E-state index < -0.39 is 34.8 Å². The van der Waals surface area contributed by atoms with Crippen molar-refractivity contribution in [2.45, 2.75) is 31.7 Å². The van der Waals surface area contributed by atoms with Crippen LogP contribution in [0.1, 0.15) is 31.7 Å². The summed E-state index contributed by atoms with van der Waals surface area (Å²) in [6.07, 6.45) is 7.02. The topological polar surface area (TPSA) is 78.8 Å². The third-order valence-electron chi connectivity index (χ3n) is 5.76. The van der Waals surface area contributed by atoms with E-state index in [0.717, 1.165) is 31.7 Å². The van der Waals surface area contributed by atoms with Crippen LogP contribution in [0, 0.1) is 35.5 Å². The Morgan fingerprint density at radius 3 is 2.29 bits per heavy atom. The number of ether oxygens (including phenoxy) is 1. The molecule has 0 saturated heterocycles. The first-order valence-corrected chi connectivity index (χ1v) is 10.5. The molecule has 2 aromatic carbocycles. The number of halogens is 5. The first kappa shape index (κ1) is 22.1. The van der Waals surface area contributed by atoms with Gasteiger partial charge in [-0.1, -0.05) is 0 Å². The highest BCUT2D eigenvalue weighted by Crippen LogP contribution is 2.38. The summed E-state index contributed by atoms with van der Waals surface area (Å²) in [4.78, 5) is 8.30. The number of fused-ring (bicyclic) bond motifs is 1. The minimum atomic E-state index is -1.73. The van der Waals surface area contributed by atoms with Gasteiger partial charge in [0.25, 0.3) is 0 Å². The van der Waals surface area contributed by atoms with Crippen LogP contribution in [0.15, 0.2) is 30.6 Å². The first-order chi connectivity index (χ1) is 16.3. The Morgan fingerprint density at radius 2 is 1.62 bits per heavy atom. The maximum atomic E-state index is 15.2. The van der Waals surface area contributed by atoms with E-state index in [2.05, 4.69) is 21.5 Å². The van der Waals surface area contributed by atoms with Crippen molar-refractivity contribution in [2.75, 3.05) is 5.73 Å². The van der Waals surface area contributed by atoms with Gasteiger partial charge in [0, 0.05) is 17.7 Å². The van der Waals surface area contributed by atoms with Gasteiger partial charge in [0.2, 0.25) is 17.4 Å². The Bertz CT molecular complexity index is 1370. The van der Waals surface area contributed by atoms with Gasteiger partial charge in [-0.25, -0.2) is 27.8 Å². The Balaban J connectivity index is 1.57. The van der Waals surface area contributed by atoms with E-state index in [0.29, 0.717) is 11.0 Å². The van der Waals surface area contributed by atoms with Crippen molar-refractivity contribution >= 4 is 16.9 Å². The Labute approximate surface area is 190 Å². The minimum Gasteiger partial charge on any atom is -0.451 e. The van der Waals surface area contributed by atoms with Gasteiger partial charge in [0.05, 0.1) is 11.4 Å². The molecule has 4 aromatic rings. The minimum absolute atomic E-state index is 0.0198. The van der Waals surface area contributed by atoms with Crippen LogP contribution in [-0.2, 0) is 0 Å². The van der Waals surface area contributed by atoms with Crippen LogP contribution in [0.3, 0.4) is 0 Å². The average Bonchev–Trinajstić information content (AvgIpc) is 3.22. The zero-order valence-electron chi connectivity index (χ0n) is 17.5. The van der Waals surface area contributed by atoms with Gasteiger partial charge < -0.3 is 10.5 Å². The molecule has 1 fully saturated rings. The highest BCUT2D eigenvalue weighted by Gasteiger charge is 2.26. The smallest absolute Gasteiger partial charge is 0.204 e. The second-order valence-corrected chi connectivity index (χ2v) is 7.89. The first-order valence-electron chi connectivity index (χ1n) is 10.5. The second-order valence-electron chi connectivity index (χ2n) is 7.89. The average molecular weight is 474 g/mol. The summed E-state index contributed by atoms with van der Waals surface area (Å²) < 4.78 is 76.6. The predicted molar refractivity (Wildman–Crippen MR) is 113 cm³/mol. The molecule has 0 amide bonds. The van der Waals surface area contributed by atoms with Gasteiger partial charge in [-0.05, 0) is 44.2 Å². The quantitative estimate of drug-likeness (QED) is 0.295. The van der Waals surface area contributed by atoms with E-state index in [-0.39, 0.29) is 34.9 Å². The van der Waals surface area contributed by atoms with E-state index in [1.807, 2.05) is 0 Å². The number of nitrogens with two attached hydrogens (primary N) is 1. The predicted octanol–water partition coefficient (Wildman–Crippen LogP) is 5.88. The molecule has 0 unspecified atom stereocenters. The van der Waals surface area contributed by atoms with Crippen molar-refractivity contribution in [3.8, 4) is 22.8 Å². The number of hydrogen-bond acceptors (Lipinski definition) is 5. The van der Waals surface area contributed by atoms with E-state index >= 15 is 4.39 Å². The molecule has 6 nitrogen and oxygen atoms in total. The fourth-order valence-corrected chi connectivity index (χ4v) is 4.10. The lowest BCUT2D eigenvalue weighted by atomic mass is 9.96. The van der Waals surface area contributed by atoms with Gasteiger partial charge in [0.1, 0.15) is 29.4 Å². The summed E-state index contributed by atoms with van der Waals surface area (Å²) in [5.74, 6) is -9.18. The largest absolute Gasteiger partial charge is 0.451 e.